The normalized spacial score (nSPS) is 15.5. The molecule has 1 amide bonds. The van der Waals surface area contributed by atoms with Crippen molar-refractivity contribution >= 4 is 37.8 Å². The summed E-state index contributed by atoms with van der Waals surface area (Å²) in [6.45, 7) is 3.14. The number of amides is 1. The number of ether oxygens (including phenoxy) is 2. The van der Waals surface area contributed by atoms with Crippen LogP contribution in [0.1, 0.15) is 23.7 Å². The third kappa shape index (κ3) is 5.26. The molecule has 1 saturated heterocycles. The van der Waals surface area contributed by atoms with Gasteiger partial charge in [0.25, 0.3) is 5.91 Å². The van der Waals surface area contributed by atoms with Gasteiger partial charge in [-0.3, -0.25) is 4.79 Å². The summed E-state index contributed by atoms with van der Waals surface area (Å²) in [5.74, 6) is -1.17. The number of hydrogen-bond acceptors (Lipinski definition) is 6. The van der Waals surface area contributed by atoms with E-state index in [1.54, 1.807) is 0 Å². The van der Waals surface area contributed by atoms with Gasteiger partial charge in [0.2, 0.25) is 10.0 Å². The molecule has 0 saturated carbocycles. The first-order chi connectivity index (χ1) is 12.4. The largest absolute Gasteiger partial charge is 0.452 e. The Balaban J connectivity index is 2.13. The molecule has 0 aliphatic carbocycles. The highest BCUT2D eigenvalue weighted by molar-refractivity contribution is 9.10. The fraction of sp³-hybridized carbons (Fsp3) is 0.500. The number of halogens is 1. The molecule has 0 unspecified atom stereocenters. The first-order valence-electron chi connectivity index (χ1n) is 8.17. The Bertz CT molecular complexity index is 762. The Hall–Kier alpha value is -1.49. The summed E-state index contributed by atoms with van der Waals surface area (Å²) in [4.78, 5) is 23.6. The fourth-order valence-corrected chi connectivity index (χ4v) is 4.64. The van der Waals surface area contributed by atoms with Crippen molar-refractivity contribution < 1.29 is 27.5 Å². The van der Waals surface area contributed by atoms with Crippen LogP contribution in [0.3, 0.4) is 0 Å². The number of rotatable bonds is 7. The summed E-state index contributed by atoms with van der Waals surface area (Å²) >= 11 is 3.22. The lowest BCUT2D eigenvalue weighted by molar-refractivity contribution is -0.124. The minimum atomic E-state index is -3.77. The Morgan fingerprint density at radius 3 is 2.65 bits per heavy atom. The monoisotopic (exact) mass is 448 g/mol. The number of esters is 1. The van der Waals surface area contributed by atoms with E-state index in [-0.39, 0.29) is 23.5 Å². The number of sulfonamides is 1. The molecule has 144 valence electrons. The van der Waals surface area contributed by atoms with Crippen molar-refractivity contribution in [1.82, 2.24) is 9.62 Å². The first-order valence-corrected chi connectivity index (χ1v) is 10.4. The van der Waals surface area contributed by atoms with E-state index >= 15 is 0 Å². The van der Waals surface area contributed by atoms with Gasteiger partial charge in [0.05, 0.1) is 23.7 Å². The van der Waals surface area contributed by atoms with Crippen LogP contribution in [0.2, 0.25) is 0 Å². The molecule has 1 aromatic rings. The van der Waals surface area contributed by atoms with Gasteiger partial charge >= 0.3 is 5.97 Å². The summed E-state index contributed by atoms with van der Waals surface area (Å²) in [5.41, 5.74) is 0.0586. The molecule has 0 spiro atoms. The van der Waals surface area contributed by atoms with Gasteiger partial charge in [-0.05, 0) is 40.5 Å². The van der Waals surface area contributed by atoms with E-state index in [1.807, 2.05) is 6.92 Å². The number of morpholine rings is 1. The smallest absolute Gasteiger partial charge is 0.338 e. The van der Waals surface area contributed by atoms with E-state index in [9.17, 15) is 18.0 Å². The molecule has 0 aromatic heterocycles. The SMILES string of the molecule is CCCNC(=O)COC(=O)c1ccc(Br)c(S(=O)(=O)N2CCOCC2)c1. The van der Waals surface area contributed by atoms with Gasteiger partial charge in [0, 0.05) is 24.1 Å². The molecule has 1 aliphatic rings. The Labute approximate surface area is 161 Å². The second-order valence-corrected chi connectivity index (χ2v) is 8.35. The van der Waals surface area contributed by atoms with Crippen molar-refractivity contribution in [3.8, 4) is 0 Å². The van der Waals surface area contributed by atoms with Gasteiger partial charge in [-0.15, -0.1) is 0 Å². The minimum absolute atomic E-state index is 0.0238. The Morgan fingerprint density at radius 2 is 2.00 bits per heavy atom. The molecule has 8 nitrogen and oxygen atoms in total. The minimum Gasteiger partial charge on any atom is -0.452 e. The number of benzene rings is 1. The molecule has 10 heteroatoms. The second kappa shape index (κ2) is 9.45. The maximum atomic E-state index is 12.8. The van der Waals surface area contributed by atoms with Gasteiger partial charge < -0.3 is 14.8 Å². The van der Waals surface area contributed by atoms with Crippen LogP contribution in [0, 0.1) is 0 Å². The van der Waals surface area contributed by atoms with Crippen molar-refractivity contribution in [2.45, 2.75) is 18.2 Å². The van der Waals surface area contributed by atoms with Crippen LogP contribution in [-0.2, 0) is 24.3 Å². The fourth-order valence-electron chi connectivity index (χ4n) is 2.28. The molecule has 0 bridgehead atoms. The summed E-state index contributed by atoms with van der Waals surface area (Å²) in [6, 6.07) is 4.16. The van der Waals surface area contributed by atoms with E-state index in [2.05, 4.69) is 21.2 Å². The molecule has 1 fully saturated rings. The molecule has 1 aromatic carbocycles. The van der Waals surface area contributed by atoms with Crippen molar-refractivity contribution in [2.75, 3.05) is 39.5 Å². The van der Waals surface area contributed by atoms with Gasteiger partial charge in [-0.25, -0.2) is 13.2 Å². The molecular formula is C16H21BrN2O6S. The molecule has 1 heterocycles. The maximum absolute atomic E-state index is 12.8. The van der Waals surface area contributed by atoms with Crippen molar-refractivity contribution in [2.24, 2.45) is 0 Å². The molecule has 1 aliphatic heterocycles. The zero-order valence-corrected chi connectivity index (χ0v) is 16.8. The number of hydrogen-bond donors (Lipinski definition) is 1. The van der Waals surface area contributed by atoms with Crippen molar-refractivity contribution in [3.63, 3.8) is 0 Å². The van der Waals surface area contributed by atoms with Gasteiger partial charge in [0.15, 0.2) is 6.61 Å². The van der Waals surface area contributed by atoms with E-state index in [0.717, 1.165) is 6.42 Å². The zero-order valence-electron chi connectivity index (χ0n) is 14.4. The highest BCUT2D eigenvalue weighted by Crippen LogP contribution is 2.27. The molecule has 1 N–H and O–H groups in total. The van der Waals surface area contributed by atoms with Crippen LogP contribution in [0.4, 0.5) is 0 Å². The standard InChI is InChI=1S/C16H21BrN2O6S/c1-2-5-18-15(20)11-25-16(21)12-3-4-13(17)14(10-12)26(22,23)19-6-8-24-9-7-19/h3-4,10H,2,5-9,11H2,1H3,(H,18,20). The predicted octanol–water partition coefficient (Wildman–Crippen LogP) is 1.15. The lowest BCUT2D eigenvalue weighted by atomic mass is 10.2. The molecule has 0 radical (unpaired) electrons. The van der Waals surface area contributed by atoms with Crippen LogP contribution >= 0.6 is 15.9 Å². The topological polar surface area (TPSA) is 102 Å². The first kappa shape index (κ1) is 20.8. The number of carbonyl (C=O) groups is 2. The van der Waals surface area contributed by atoms with E-state index < -0.39 is 28.5 Å². The summed E-state index contributed by atoms with van der Waals surface area (Å²) < 4.78 is 37.4. The van der Waals surface area contributed by atoms with Gasteiger partial charge in [0.1, 0.15) is 0 Å². The lowest BCUT2D eigenvalue weighted by Crippen LogP contribution is -2.40. The molecule has 2 rings (SSSR count). The van der Waals surface area contributed by atoms with Crippen LogP contribution < -0.4 is 5.32 Å². The van der Waals surface area contributed by atoms with Crippen molar-refractivity contribution in [1.29, 1.82) is 0 Å². The van der Waals surface area contributed by atoms with Crippen LogP contribution in [0.5, 0.6) is 0 Å². The average molecular weight is 449 g/mol. The number of nitrogens with one attached hydrogen (secondary N) is 1. The molecule has 26 heavy (non-hydrogen) atoms. The zero-order chi connectivity index (χ0) is 19.2. The predicted molar refractivity (Wildman–Crippen MR) is 97.3 cm³/mol. The molecule has 0 atom stereocenters. The quantitative estimate of drug-likeness (QED) is 0.627. The highest BCUT2D eigenvalue weighted by atomic mass is 79.9. The van der Waals surface area contributed by atoms with Crippen LogP contribution in [0.15, 0.2) is 27.6 Å². The van der Waals surface area contributed by atoms with Gasteiger partial charge in [-0.2, -0.15) is 4.31 Å². The third-order valence-electron chi connectivity index (χ3n) is 3.66. The third-order valence-corrected chi connectivity index (χ3v) is 6.55. The van der Waals surface area contributed by atoms with E-state index in [0.29, 0.717) is 24.2 Å². The van der Waals surface area contributed by atoms with Gasteiger partial charge in [-0.1, -0.05) is 6.92 Å². The maximum Gasteiger partial charge on any atom is 0.338 e. The summed E-state index contributed by atoms with van der Waals surface area (Å²) in [7, 11) is -3.77. The second-order valence-electron chi connectivity index (χ2n) is 5.59. The summed E-state index contributed by atoms with van der Waals surface area (Å²) in [5, 5.41) is 2.59. The average Bonchev–Trinajstić information content (AvgIpc) is 2.65. The Morgan fingerprint density at radius 1 is 1.31 bits per heavy atom. The van der Waals surface area contributed by atoms with Crippen LogP contribution in [0.25, 0.3) is 0 Å². The lowest BCUT2D eigenvalue weighted by Gasteiger charge is -2.26. The highest BCUT2D eigenvalue weighted by Gasteiger charge is 2.29. The van der Waals surface area contributed by atoms with E-state index in [1.165, 1.54) is 22.5 Å². The molecular weight excluding hydrogens is 428 g/mol. The van der Waals surface area contributed by atoms with Crippen molar-refractivity contribution in [3.05, 3.63) is 28.2 Å². The van der Waals surface area contributed by atoms with E-state index in [4.69, 9.17) is 9.47 Å². The summed E-state index contributed by atoms with van der Waals surface area (Å²) in [6.07, 6.45) is 0.773. The van der Waals surface area contributed by atoms with Crippen LogP contribution in [-0.4, -0.2) is 64.1 Å². The number of carbonyl (C=O) groups excluding carboxylic acids is 2. The number of nitrogens with zero attached hydrogens (tertiary/aromatic N) is 1. The Kier molecular flexibility index (Phi) is 7.56.